The molecule has 0 amide bonds. The summed E-state index contributed by atoms with van der Waals surface area (Å²) in [7, 11) is 1.95. The van der Waals surface area contributed by atoms with Gasteiger partial charge in [0.25, 0.3) is 0 Å². The fourth-order valence-electron chi connectivity index (χ4n) is 2.81. The van der Waals surface area contributed by atoms with Crippen molar-refractivity contribution in [1.29, 1.82) is 0 Å². The minimum Gasteiger partial charge on any atom is -0.366 e. The molecule has 0 radical (unpaired) electrons. The summed E-state index contributed by atoms with van der Waals surface area (Å²) in [4.78, 5) is 0. The molecule has 0 aliphatic carbocycles. The van der Waals surface area contributed by atoms with Crippen LogP contribution in [0.2, 0.25) is 0 Å². The Morgan fingerprint density at radius 2 is 1.68 bits per heavy atom. The molecule has 130 valence electrons. The molecule has 2 aromatic carbocycles. The molecule has 2 atom stereocenters. The van der Waals surface area contributed by atoms with E-state index in [0.717, 1.165) is 17.8 Å². The standard InChI is InChI=1S/C21H25N3O/c1-17(22-15-18-9-5-3-6-10-18)16-25-21(19-11-7-4-8-12-19)20-13-14-23-24(20)2/h3-14,17,21-22H,15-16H2,1-2H3. The molecule has 1 aromatic heterocycles. The number of hydrogen-bond acceptors (Lipinski definition) is 3. The lowest BCUT2D eigenvalue weighted by Crippen LogP contribution is -2.31. The summed E-state index contributed by atoms with van der Waals surface area (Å²) in [6, 6.07) is 23.0. The molecule has 0 bridgehead atoms. The topological polar surface area (TPSA) is 39.1 Å². The van der Waals surface area contributed by atoms with Crippen LogP contribution in [0, 0.1) is 0 Å². The molecule has 4 heteroatoms. The van der Waals surface area contributed by atoms with Gasteiger partial charge in [0.15, 0.2) is 0 Å². The molecule has 1 N–H and O–H groups in total. The zero-order chi connectivity index (χ0) is 17.5. The van der Waals surface area contributed by atoms with Crippen LogP contribution in [0.25, 0.3) is 0 Å². The number of ether oxygens (including phenoxy) is 1. The molecule has 0 saturated carbocycles. The van der Waals surface area contributed by atoms with Crippen LogP contribution in [-0.4, -0.2) is 22.4 Å². The third-order valence-corrected chi connectivity index (χ3v) is 4.24. The summed E-state index contributed by atoms with van der Waals surface area (Å²) in [5, 5.41) is 7.81. The Bertz CT molecular complexity index is 755. The number of nitrogens with zero attached hydrogens (tertiary/aromatic N) is 2. The predicted octanol–water partition coefficient (Wildman–Crippen LogP) is 3.70. The number of hydrogen-bond donors (Lipinski definition) is 1. The highest BCUT2D eigenvalue weighted by Crippen LogP contribution is 2.25. The van der Waals surface area contributed by atoms with Gasteiger partial charge < -0.3 is 10.1 Å². The largest absolute Gasteiger partial charge is 0.366 e. The van der Waals surface area contributed by atoms with Crippen molar-refractivity contribution in [3.8, 4) is 0 Å². The maximum Gasteiger partial charge on any atom is 0.124 e. The molecule has 0 fully saturated rings. The summed E-state index contributed by atoms with van der Waals surface area (Å²) >= 11 is 0. The molecule has 4 nitrogen and oxygen atoms in total. The fraction of sp³-hybridized carbons (Fsp3) is 0.286. The summed E-state index contributed by atoms with van der Waals surface area (Å²) in [5.41, 5.74) is 3.48. The van der Waals surface area contributed by atoms with Crippen LogP contribution < -0.4 is 5.32 Å². The van der Waals surface area contributed by atoms with Crippen LogP contribution >= 0.6 is 0 Å². The Balaban J connectivity index is 1.62. The third-order valence-electron chi connectivity index (χ3n) is 4.24. The molecule has 1 heterocycles. The van der Waals surface area contributed by atoms with Gasteiger partial charge in [-0.25, -0.2) is 0 Å². The number of aryl methyl sites for hydroxylation is 1. The Morgan fingerprint density at radius 3 is 2.32 bits per heavy atom. The van der Waals surface area contributed by atoms with Crippen LogP contribution in [0.3, 0.4) is 0 Å². The number of nitrogens with one attached hydrogen (secondary N) is 1. The first-order valence-corrected chi connectivity index (χ1v) is 8.66. The van der Waals surface area contributed by atoms with Gasteiger partial charge in [0, 0.05) is 25.8 Å². The average Bonchev–Trinajstić information content (AvgIpc) is 3.08. The smallest absolute Gasteiger partial charge is 0.124 e. The van der Waals surface area contributed by atoms with Crippen LogP contribution in [0.1, 0.15) is 29.8 Å². The second-order valence-electron chi connectivity index (χ2n) is 6.27. The van der Waals surface area contributed by atoms with Crippen LogP contribution in [0.5, 0.6) is 0 Å². The van der Waals surface area contributed by atoms with Crippen molar-refractivity contribution >= 4 is 0 Å². The van der Waals surface area contributed by atoms with Gasteiger partial charge in [-0.05, 0) is 24.1 Å². The Kier molecular flexibility index (Phi) is 5.99. The van der Waals surface area contributed by atoms with E-state index < -0.39 is 0 Å². The molecule has 25 heavy (non-hydrogen) atoms. The van der Waals surface area contributed by atoms with Gasteiger partial charge in [-0.15, -0.1) is 0 Å². The fourth-order valence-corrected chi connectivity index (χ4v) is 2.81. The molecular formula is C21H25N3O. The van der Waals surface area contributed by atoms with E-state index in [1.54, 1.807) is 0 Å². The van der Waals surface area contributed by atoms with E-state index in [9.17, 15) is 0 Å². The van der Waals surface area contributed by atoms with Crippen LogP contribution in [0.4, 0.5) is 0 Å². The van der Waals surface area contributed by atoms with Gasteiger partial charge in [-0.3, -0.25) is 4.68 Å². The quantitative estimate of drug-likeness (QED) is 0.682. The molecule has 2 unspecified atom stereocenters. The second-order valence-corrected chi connectivity index (χ2v) is 6.27. The Hall–Kier alpha value is -2.43. The molecule has 3 rings (SSSR count). The van der Waals surface area contributed by atoms with Crippen molar-refractivity contribution in [2.24, 2.45) is 7.05 Å². The number of benzene rings is 2. The van der Waals surface area contributed by atoms with E-state index in [1.807, 2.05) is 48.3 Å². The van der Waals surface area contributed by atoms with E-state index in [2.05, 4.69) is 53.7 Å². The average molecular weight is 335 g/mol. The SMILES string of the molecule is CC(COC(c1ccccc1)c1ccnn1C)NCc1ccccc1. The second kappa shape index (κ2) is 8.60. The zero-order valence-electron chi connectivity index (χ0n) is 14.8. The summed E-state index contributed by atoms with van der Waals surface area (Å²) in [5.74, 6) is 0. The van der Waals surface area contributed by atoms with Crippen molar-refractivity contribution in [2.45, 2.75) is 25.6 Å². The van der Waals surface area contributed by atoms with E-state index in [4.69, 9.17) is 4.74 Å². The van der Waals surface area contributed by atoms with Gasteiger partial charge in [0.05, 0.1) is 12.3 Å². The van der Waals surface area contributed by atoms with Crippen molar-refractivity contribution < 1.29 is 4.74 Å². The third kappa shape index (κ3) is 4.78. The first kappa shape index (κ1) is 17.4. The lowest BCUT2D eigenvalue weighted by Gasteiger charge is -2.22. The lowest BCUT2D eigenvalue weighted by atomic mass is 10.1. The minimum absolute atomic E-state index is 0.116. The predicted molar refractivity (Wildman–Crippen MR) is 100 cm³/mol. The van der Waals surface area contributed by atoms with Crippen molar-refractivity contribution in [1.82, 2.24) is 15.1 Å². The maximum absolute atomic E-state index is 6.28. The van der Waals surface area contributed by atoms with Gasteiger partial charge >= 0.3 is 0 Å². The maximum atomic E-state index is 6.28. The monoisotopic (exact) mass is 335 g/mol. The Morgan fingerprint density at radius 1 is 1.00 bits per heavy atom. The van der Waals surface area contributed by atoms with Crippen molar-refractivity contribution in [2.75, 3.05) is 6.61 Å². The number of rotatable bonds is 8. The highest BCUT2D eigenvalue weighted by Gasteiger charge is 2.19. The minimum atomic E-state index is -0.116. The number of aromatic nitrogens is 2. The normalized spacial score (nSPS) is 13.5. The zero-order valence-corrected chi connectivity index (χ0v) is 14.8. The summed E-state index contributed by atoms with van der Waals surface area (Å²) in [6.07, 6.45) is 1.70. The summed E-state index contributed by atoms with van der Waals surface area (Å²) < 4.78 is 8.16. The first-order valence-electron chi connectivity index (χ1n) is 8.66. The Labute approximate surface area is 149 Å². The van der Waals surface area contributed by atoms with Gasteiger partial charge in [0.1, 0.15) is 6.10 Å². The molecular weight excluding hydrogens is 310 g/mol. The van der Waals surface area contributed by atoms with E-state index in [0.29, 0.717) is 6.61 Å². The van der Waals surface area contributed by atoms with Gasteiger partial charge in [0.2, 0.25) is 0 Å². The van der Waals surface area contributed by atoms with Crippen LogP contribution in [-0.2, 0) is 18.3 Å². The molecule has 0 saturated heterocycles. The molecule has 0 aliphatic heterocycles. The van der Waals surface area contributed by atoms with E-state index in [-0.39, 0.29) is 12.1 Å². The van der Waals surface area contributed by atoms with Gasteiger partial charge in [-0.1, -0.05) is 60.7 Å². The van der Waals surface area contributed by atoms with Crippen LogP contribution in [0.15, 0.2) is 72.9 Å². The molecule has 0 spiro atoms. The first-order chi connectivity index (χ1) is 12.2. The van der Waals surface area contributed by atoms with E-state index >= 15 is 0 Å². The lowest BCUT2D eigenvalue weighted by molar-refractivity contribution is 0.0603. The summed E-state index contributed by atoms with van der Waals surface area (Å²) in [6.45, 7) is 3.61. The van der Waals surface area contributed by atoms with E-state index in [1.165, 1.54) is 5.56 Å². The van der Waals surface area contributed by atoms with Crippen molar-refractivity contribution in [3.63, 3.8) is 0 Å². The molecule has 0 aliphatic rings. The molecule has 3 aromatic rings. The van der Waals surface area contributed by atoms with Crippen molar-refractivity contribution in [3.05, 3.63) is 89.7 Å². The highest BCUT2D eigenvalue weighted by atomic mass is 16.5. The van der Waals surface area contributed by atoms with Gasteiger partial charge in [-0.2, -0.15) is 5.10 Å². The highest BCUT2D eigenvalue weighted by molar-refractivity contribution is 5.25.